The minimum absolute atomic E-state index is 0.113. The number of carboxylic acid groups (broad SMARTS) is 1. The maximum Gasteiger partial charge on any atom is 0.330 e. The Hall–Kier alpha value is -3.60. The minimum atomic E-state index is -1.20. The van der Waals surface area contributed by atoms with Crippen LogP contribution in [-0.2, 0) is 30.3 Å². The van der Waals surface area contributed by atoms with Crippen LogP contribution in [0.2, 0.25) is 0 Å². The third kappa shape index (κ3) is 4.63. The van der Waals surface area contributed by atoms with Crippen LogP contribution in [0.3, 0.4) is 0 Å². The van der Waals surface area contributed by atoms with E-state index in [9.17, 15) is 24.3 Å². The molecule has 172 valence electrons. The number of rotatable bonds is 8. The molecule has 10 nitrogen and oxygen atoms in total. The zero-order valence-corrected chi connectivity index (χ0v) is 18.5. The molecule has 0 radical (unpaired) electrons. The quantitative estimate of drug-likeness (QED) is 0.293. The third-order valence-corrected chi connectivity index (χ3v) is 7.12. The Bertz CT molecular complexity index is 1090. The van der Waals surface area contributed by atoms with Crippen molar-refractivity contribution in [1.29, 1.82) is 0 Å². The van der Waals surface area contributed by atoms with E-state index in [1.54, 1.807) is 6.92 Å². The standard InChI is InChI=1S/C22H22N4O6S/c1-22(11-32-16(28)8-7-14-10-23-12-24-14)18(21(30)31)26-19(29)17(20(26)33-22)25-15(27)9-13-5-3-2-4-6-13/h2-8,10,12,17-18,20H,9,11H2,1H3,(H,23,24)(H,25,27)(H,30,31)/b8-7+/t17-,18+,20-,22+/m1/s1. The molecule has 0 unspecified atom stereocenters. The molecule has 0 saturated carbocycles. The van der Waals surface area contributed by atoms with Crippen molar-refractivity contribution in [2.75, 3.05) is 6.61 Å². The van der Waals surface area contributed by atoms with Crippen LogP contribution in [0.1, 0.15) is 18.2 Å². The highest BCUT2D eigenvalue weighted by Crippen LogP contribution is 2.51. The molecular formula is C22H22N4O6S. The van der Waals surface area contributed by atoms with Gasteiger partial charge >= 0.3 is 11.9 Å². The first-order chi connectivity index (χ1) is 15.8. The van der Waals surface area contributed by atoms with E-state index in [1.807, 2.05) is 30.3 Å². The number of aromatic amines is 1. The summed E-state index contributed by atoms with van der Waals surface area (Å²) in [5.41, 5.74) is 1.42. The molecule has 2 aliphatic rings. The summed E-state index contributed by atoms with van der Waals surface area (Å²) in [6.45, 7) is 1.42. The lowest BCUT2D eigenvalue weighted by Gasteiger charge is -2.43. The van der Waals surface area contributed by atoms with Crippen molar-refractivity contribution in [2.45, 2.75) is 35.5 Å². The van der Waals surface area contributed by atoms with E-state index >= 15 is 0 Å². The predicted octanol–water partition coefficient (Wildman–Crippen LogP) is 0.821. The van der Waals surface area contributed by atoms with Crippen LogP contribution in [-0.4, -0.2) is 72.5 Å². The van der Waals surface area contributed by atoms with E-state index in [0.29, 0.717) is 5.69 Å². The molecule has 1 aromatic carbocycles. The number of H-pyrrole nitrogens is 1. The molecule has 33 heavy (non-hydrogen) atoms. The van der Waals surface area contributed by atoms with Crippen molar-refractivity contribution < 1.29 is 29.0 Å². The topological polar surface area (TPSA) is 142 Å². The normalized spacial score (nSPS) is 26.0. The van der Waals surface area contributed by atoms with Gasteiger partial charge < -0.3 is 25.0 Å². The number of nitrogens with zero attached hydrogens (tertiary/aromatic N) is 2. The van der Waals surface area contributed by atoms with Crippen molar-refractivity contribution in [3.63, 3.8) is 0 Å². The summed E-state index contributed by atoms with van der Waals surface area (Å²) in [5.74, 6) is -2.63. The molecule has 2 amide bonds. The number of esters is 1. The van der Waals surface area contributed by atoms with Gasteiger partial charge in [-0.25, -0.2) is 14.6 Å². The Morgan fingerprint density at radius 1 is 1.33 bits per heavy atom. The number of carboxylic acids is 1. The number of aromatic nitrogens is 2. The fraction of sp³-hybridized carbons (Fsp3) is 0.318. The van der Waals surface area contributed by atoms with Gasteiger partial charge in [-0.05, 0) is 18.6 Å². The molecule has 3 heterocycles. The summed E-state index contributed by atoms with van der Waals surface area (Å²) in [4.78, 5) is 57.1. The zero-order valence-electron chi connectivity index (χ0n) is 17.6. The molecule has 4 atom stereocenters. The van der Waals surface area contributed by atoms with Gasteiger partial charge in [-0.2, -0.15) is 0 Å². The predicted molar refractivity (Wildman–Crippen MR) is 119 cm³/mol. The van der Waals surface area contributed by atoms with Crippen LogP contribution in [0.5, 0.6) is 0 Å². The Labute approximate surface area is 193 Å². The second-order valence-corrected chi connectivity index (χ2v) is 9.61. The van der Waals surface area contributed by atoms with Gasteiger partial charge in [0.15, 0.2) is 0 Å². The number of nitrogens with one attached hydrogen (secondary N) is 2. The van der Waals surface area contributed by atoms with Crippen molar-refractivity contribution >= 4 is 41.6 Å². The number of benzene rings is 1. The Kier molecular flexibility index (Phi) is 6.23. The number of amides is 2. The van der Waals surface area contributed by atoms with Gasteiger partial charge in [0.05, 0.1) is 29.4 Å². The number of fused-ring (bicyclic) bond motifs is 1. The number of carbonyl (C=O) groups is 4. The number of hydrogen-bond acceptors (Lipinski definition) is 7. The van der Waals surface area contributed by atoms with E-state index < -0.39 is 40.1 Å². The highest BCUT2D eigenvalue weighted by atomic mass is 32.2. The lowest BCUT2D eigenvalue weighted by Crippen LogP contribution is -2.71. The largest absolute Gasteiger partial charge is 0.480 e. The summed E-state index contributed by atoms with van der Waals surface area (Å²) in [6, 6.07) is 7.09. The highest BCUT2D eigenvalue weighted by molar-refractivity contribution is 8.01. The van der Waals surface area contributed by atoms with Crippen LogP contribution in [0, 0.1) is 0 Å². The smallest absolute Gasteiger partial charge is 0.330 e. The molecule has 11 heteroatoms. The fourth-order valence-corrected chi connectivity index (χ4v) is 5.61. The number of carbonyl (C=O) groups excluding carboxylic acids is 3. The van der Waals surface area contributed by atoms with Crippen LogP contribution in [0.4, 0.5) is 0 Å². The van der Waals surface area contributed by atoms with E-state index in [1.165, 1.54) is 41.3 Å². The van der Waals surface area contributed by atoms with E-state index in [2.05, 4.69) is 15.3 Å². The third-order valence-electron chi connectivity index (χ3n) is 5.50. The molecule has 2 fully saturated rings. The first-order valence-corrected chi connectivity index (χ1v) is 11.1. The molecule has 0 bridgehead atoms. The van der Waals surface area contributed by atoms with E-state index in [4.69, 9.17) is 4.74 Å². The summed E-state index contributed by atoms with van der Waals surface area (Å²) in [6.07, 6.45) is 5.81. The molecule has 2 aromatic rings. The summed E-state index contributed by atoms with van der Waals surface area (Å²) in [5, 5.41) is 11.9. The van der Waals surface area contributed by atoms with Gasteiger partial charge in [0.25, 0.3) is 0 Å². The van der Waals surface area contributed by atoms with Gasteiger partial charge in [-0.3, -0.25) is 9.59 Å². The minimum Gasteiger partial charge on any atom is -0.480 e. The summed E-state index contributed by atoms with van der Waals surface area (Å²) < 4.78 is 4.21. The maximum atomic E-state index is 12.7. The van der Waals surface area contributed by atoms with E-state index in [-0.39, 0.29) is 18.9 Å². The monoisotopic (exact) mass is 470 g/mol. The number of thioether (sulfide) groups is 1. The Morgan fingerprint density at radius 2 is 2.09 bits per heavy atom. The first kappa shape index (κ1) is 22.6. The molecule has 0 aliphatic carbocycles. The molecule has 2 saturated heterocycles. The number of imidazole rings is 1. The zero-order chi connectivity index (χ0) is 23.6. The van der Waals surface area contributed by atoms with Crippen LogP contribution < -0.4 is 5.32 Å². The van der Waals surface area contributed by atoms with Crippen molar-refractivity contribution in [3.05, 3.63) is 60.2 Å². The highest BCUT2D eigenvalue weighted by Gasteiger charge is 2.66. The molecule has 4 rings (SSSR count). The SMILES string of the molecule is C[C@@]1(COC(=O)/C=C/c2cnc[nH]2)S[C@@H]2[C@H](NC(=O)Cc3ccccc3)C(=O)N2[C@H]1C(=O)O. The Balaban J connectivity index is 1.39. The van der Waals surface area contributed by atoms with Gasteiger partial charge in [-0.15, -0.1) is 11.8 Å². The van der Waals surface area contributed by atoms with Gasteiger partial charge in [-0.1, -0.05) is 30.3 Å². The van der Waals surface area contributed by atoms with Crippen molar-refractivity contribution in [3.8, 4) is 0 Å². The summed E-state index contributed by atoms with van der Waals surface area (Å²) >= 11 is 1.21. The lowest BCUT2D eigenvalue weighted by molar-refractivity contribution is -0.162. The Morgan fingerprint density at radius 3 is 2.76 bits per heavy atom. The van der Waals surface area contributed by atoms with Gasteiger partial charge in [0.2, 0.25) is 11.8 Å². The second kappa shape index (κ2) is 9.10. The van der Waals surface area contributed by atoms with Crippen LogP contribution in [0.25, 0.3) is 6.08 Å². The molecule has 2 aliphatic heterocycles. The van der Waals surface area contributed by atoms with Crippen molar-refractivity contribution in [1.82, 2.24) is 20.2 Å². The fourth-order valence-electron chi connectivity index (χ4n) is 3.93. The van der Waals surface area contributed by atoms with E-state index in [0.717, 1.165) is 5.56 Å². The summed E-state index contributed by atoms with van der Waals surface area (Å²) in [7, 11) is 0. The molecular weight excluding hydrogens is 448 g/mol. The molecule has 0 spiro atoms. The average Bonchev–Trinajstić information content (AvgIpc) is 3.40. The van der Waals surface area contributed by atoms with Crippen LogP contribution in [0.15, 0.2) is 48.9 Å². The van der Waals surface area contributed by atoms with Crippen LogP contribution >= 0.6 is 11.8 Å². The number of hydrogen-bond donors (Lipinski definition) is 3. The first-order valence-electron chi connectivity index (χ1n) is 10.2. The van der Waals surface area contributed by atoms with Gasteiger partial charge in [0, 0.05) is 6.08 Å². The number of aliphatic carboxylic acids is 1. The number of β-lactam (4-membered cyclic amide) rings is 1. The molecule has 3 N–H and O–H groups in total. The van der Waals surface area contributed by atoms with Crippen molar-refractivity contribution in [2.24, 2.45) is 0 Å². The number of ether oxygens (including phenoxy) is 1. The second-order valence-electron chi connectivity index (χ2n) is 7.96. The van der Waals surface area contributed by atoms with Gasteiger partial charge in [0.1, 0.15) is 24.1 Å². The lowest BCUT2D eigenvalue weighted by atomic mass is 9.95. The average molecular weight is 471 g/mol. The maximum absolute atomic E-state index is 12.7. The molecule has 1 aromatic heterocycles.